The van der Waals surface area contributed by atoms with Crippen LogP contribution in [0.3, 0.4) is 0 Å². The molecule has 0 atom stereocenters. The van der Waals surface area contributed by atoms with Crippen LogP contribution in [0.15, 0.2) is 35.7 Å². The zero-order valence-electron chi connectivity index (χ0n) is 14.0. The average Bonchev–Trinajstić information content (AvgIpc) is 3.06. The van der Waals surface area contributed by atoms with Crippen molar-refractivity contribution < 1.29 is 14.6 Å². The number of thiophene rings is 1. The molecule has 0 aliphatic carbocycles. The third-order valence-corrected chi connectivity index (χ3v) is 4.27. The molecule has 0 unspecified atom stereocenters. The van der Waals surface area contributed by atoms with Gasteiger partial charge >= 0.3 is 0 Å². The number of aliphatic hydroxyl groups excluding tert-OH is 1. The molecule has 1 aromatic heterocycles. The molecule has 4 nitrogen and oxygen atoms in total. The fourth-order valence-corrected chi connectivity index (χ4v) is 2.61. The maximum Gasteiger partial charge on any atom is 0.161 e. The summed E-state index contributed by atoms with van der Waals surface area (Å²) in [6.07, 6.45) is 0. The van der Waals surface area contributed by atoms with Crippen LogP contribution in [-0.4, -0.2) is 23.9 Å². The Morgan fingerprint density at radius 1 is 1.17 bits per heavy atom. The maximum atomic E-state index is 9.31. The predicted octanol–water partition coefficient (Wildman–Crippen LogP) is 3.59. The van der Waals surface area contributed by atoms with Gasteiger partial charge in [-0.05, 0) is 49.9 Å². The van der Waals surface area contributed by atoms with Crippen molar-refractivity contribution in [2.24, 2.45) is 0 Å². The molecule has 1 heterocycles. The third kappa shape index (κ3) is 5.53. The minimum absolute atomic E-state index is 0.0906. The lowest BCUT2D eigenvalue weighted by atomic mass is 10.1. The average molecular weight is 335 g/mol. The Balaban J connectivity index is 2.04. The Labute approximate surface area is 142 Å². The minimum Gasteiger partial charge on any atom is -0.490 e. The zero-order chi connectivity index (χ0) is 16.7. The molecule has 23 heavy (non-hydrogen) atoms. The molecule has 2 rings (SSSR count). The second-order valence-corrected chi connectivity index (χ2v) is 7.01. The summed E-state index contributed by atoms with van der Waals surface area (Å²) in [5, 5.41) is 14.7. The predicted molar refractivity (Wildman–Crippen MR) is 94.3 cm³/mol. The zero-order valence-corrected chi connectivity index (χ0v) is 14.8. The highest BCUT2D eigenvalue weighted by Crippen LogP contribution is 2.30. The molecule has 0 aliphatic rings. The summed E-state index contributed by atoms with van der Waals surface area (Å²) in [5.74, 6) is 1.51. The van der Waals surface area contributed by atoms with Crippen LogP contribution in [0.1, 0.15) is 31.2 Å². The lowest BCUT2D eigenvalue weighted by Gasteiger charge is -2.24. The van der Waals surface area contributed by atoms with Gasteiger partial charge in [-0.15, -0.1) is 11.3 Å². The lowest BCUT2D eigenvalue weighted by Crippen LogP contribution is -2.42. The summed E-state index contributed by atoms with van der Waals surface area (Å²) in [7, 11) is 0. The number of ether oxygens (including phenoxy) is 2. The Hall–Kier alpha value is -1.56. The lowest BCUT2D eigenvalue weighted by molar-refractivity contribution is 0.187. The fourth-order valence-electron chi connectivity index (χ4n) is 1.99. The standard InChI is InChI=1S/C18H25NO3S/c1-4-21-17-10-14(11-19-18(2,3)13-20)7-8-16(17)22-12-15-6-5-9-23-15/h5-10,19-20H,4,11-13H2,1-3H3. The van der Waals surface area contributed by atoms with Gasteiger partial charge in [0.2, 0.25) is 0 Å². The molecule has 2 N–H and O–H groups in total. The number of aliphatic hydroxyl groups is 1. The van der Waals surface area contributed by atoms with Gasteiger partial charge in [0.25, 0.3) is 0 Å². The second kappa shape index (κ2) is 8.34. The van der Waals surface area contributed by atoms with Crippen molar-refractivity contribution in [1.29, 1.82) is 0 Å². The fraction of sp³-hybridized carbons (Fsp3) is 0.444. The van der Waals surface area contributed by atoms with Gasteiger partial charge in [0, 0.05) is 17.0 Å². The van der Waals surface area contributed by atoms with Crippen LogP contribution in [0.25, 0.3) is 0 Å². The second-order valence-electron chi connectivity index (χ2n) is 5.98. The number of nitrogens with one attached hydrogen (secondary N) is 1. The van der Waals surface area contributed by atoms with Crippen LogP contribution in [0.2, 0.25) is 0 Å². The van der Waals surface area contributed by atoms with Crippen LogP contribution in [0, 0.1) is 0 Å². The summed E-state index contributed by atoms with van der Waals surface area (Å²) >= 11 is 1.68. The van der Waals surface area contributed by atoms with E-state index >= 15 is 0 Å². The monoisotopic (exact) mass is 335 g/mol. The first-order valence-electron chi connectivity index (χ1n) is 7.81. The van der Waals surface area contributed by atoms with Gasteiger partial charge in [0.05, 0.1) is 13.2 Å². The van der Waals surface area contributed by atoms with Gasteiger partial charge in [-0.25, -0.2) is 0 Å². The van der Waals surface area contributed by atoms with Crippen molar-refractivity contribution in [3.05, 3.63) is 46.2 Å². The number of hydrogen-bond donors (Lipinski definition) is 2. The van der Waals surface area contributed by atoms with Crippen LogP contribution in [0.5, 0.6) is 11.5 Å². The van der Waals surface area contributed by atoms with E-state index < -0.39 is 0 Å². The summed E-state index contributed by atoms with van der Waals surface area (Å²) in [4.78, 5) is 1.18. The van der Waals surface area contributed by atoms with E-state index in [1.54, 1.807) is 11.3 Å². The Morgan fingerprint density at radius 2 is 2.00 bits per heavy atom. The molecular formula is C18H25NO3S. The van der Waals surface area contributed by atoms with E-state index in [0.29, 0.717) is 19.8 Å². The summed E-state index contributed by atoms with van der Waals surface area (Å²) in [6.45, 7) is 7.79. The van der Waals surface area contributed by atoms with E-state index in [0.717, 1.165) is 17.1 Å². The third-order valence-electron chi connectivity index (χ3n) is 3.42. The summed E-state index contributed by atoms with van der Waals surface area (Å²) < 4.78 is 11.6. The number of rotatable bonds is 9. The molecule has 0 radical (unpaired) electrons. The Morgan fingerprint density at radius 3 is 2.65 bits per heavy atom. The molecule has 0 saturated heterocycles. The molecule has 5 heteroatoms. The highest BCUT2D eigenvalue weighted by atomic mass is 32.1. The van der Waals surface area contributed by atoms with Crippen LogP contribution >= 0.6 is 11.3 Å². The molecule has 0 saturated carbocycles. The van der Waals surface area contributed by atoms with Crippen molar-refractivity contribution in [1.82, 2.24) is 5.32 Å². The van der Waals surface area contributed by atoms with E-state index in [-0.39, 0.29) is 12.1 Å². The van der Waals surface area contributed by atoms with Gasteiger partial charge in [-0.3, -0.25) is 0 Å². The molecule has 0 spiro atoms. The molecule has 2 aromatic rings. The number of hydrogen-bond acceptors (Lipinski definition) is 5. The van der Waals surface area contributed by atoms with Crippen molar-refractivity contribution in [2.75, 3.05) is 13.2 Å². The van der Waals surface area contributed by atoms with E-state index in [4.69, 9.17) is 9.47 Å². The summed E-state index contributed by atoms with van der Waals surface area (Å²) in [5.41, 5.74) is 0.790. The first-order chi connectivity index (χ1) is 11.0. The minimum atomic E-state index is -0.305. The van der Waals surface area contributed by atoms with E-state index in [2.05, 4.69) is 11.4 Å². The van der Waals surface area contributed by atoms with Gasteiger partial charge in [0.15, 0.2) is 11.5 Å². The van der Waals surface area contributed by atoms with Crippen LogP contribution < -0.4 is 14.8 Å². The largest absolute Gasteiger partial charge is 0.490 e. The van der Waals surface area contributed by atoms with Crippen LogP contribution in [0.4, 0.5) is 0 Å². The van der Waals surface area contributed by atoms with E-state index in [1.807, 2.05) is 50.4 Å². The highest BCUT2D eigenvalue weighted by molar-refractivity contribution is 7.09. The van der Waals surface area contributed by atoms with Crippen molar-refractivity contribution >= 4 is 11.3 Å². The van der Waals surface area contributed by atoms with Crippen molar-refractivity contribution in [3.63, 3.8) is 0 Å². The first-order valence-corrected chi connectivity index (χ1v) is 8.69. The Bertz CT molecular complexity index is 596. The van der Waals surface area contributed by atoms with Gasteiger partial charge in [-0.1, -0.05) is 12.1 Å². The Kier molecular flexibility index (Phi) is 6.45. The molecule has 0 amide bonds. The maximum absolute atomic E-state index is 9.31. The molecule has 0 fully saturated rings. The smallest absolute Gasteiger partial charge is 0.161 e. The van der Waals surface area contributed by atoms with Gasteiger partial charge in [0.1, 0.15) is 6.61 Å². The van der Waals surface area contributed by atoms with Crippen LogP contribution in [-0.2, 0) is 13.2 Å². The van der Waals surface area contributed by atoms with E-state index in [9.17, 15) is 5.11 Å². The first kappa shape index (κ1) is 17.8. The van der Waals surface area contributed by atoms with Gasteiger partial charge < -0.3 is 19.9 Å². The molecule has 126 valence electrons. The van der Waals surface area contributed by atoms with E-state index in [1.165, 1.54) is 4.88 Å². The molecular weight excluding hydrogens is 310 g/mol. The SMILES string of the molecule is CCOc1cc(CNC(C)(C)CO)ccc1OCc1cccs1. The highest BCUT2D eigenvalue weighted by Gasteiger charge is 2.15. The quantitative estimate of drug-likeness (QED) is 0.735. The number of benzene rings is 1. The normalized spacial score (nSPS) is 11.5. The summed E-state index contributed by atoms with van der Waals surface area (Å²) in [6, 6.07) is 10.0. The van der Waals surface area contributed by atoms with Crippen molar-refractivity contribution in [2.45, 2.75) is 39.5 Å². The topological polar surface area (TPSA) is 50.7 Å². The molecule has 0 aliphatic heterocycles. The molecule has 1 aromatic carbocycles. The van der Waals surface area contributed by atoms with Crippen molar-refractivity contribution in [3.8, 4) is 11.5 Å². The van der Waals surface area contributed by atoms with Gasteiger partial charge in [-0.2, -0.15) is 0 Å². The molecule has 0 bridgehead atoms.